The summed E-state index contributed by atoms with van der Waals surface area (Å²) in [4.78, 5) is 27.3. The number of halogens is 3. The van der Waals surface area contributed by atoms with Crippen molar-refractivity contribution >= 4 is 17.6 Å². The Labute approximate surface area is 130 Å². The first-order chi connectivity index (χ1) is 10.9. The fourth-order valence-electron chi connectivity index (χ4n) is 1.99. The van der Waals surface area contributed by atoms with Gasteiger partial charge in [-0.15, -0.1) is 0 Å². The minimum atomic E-state index is -4.38. The van der Waals surface area contributed by atoms with Gasteiger partial charge in [0.05, 0.1) is 19.1 Å². The van der Waals surface area contributed by atoms with Crippen LogP contribution in [0.5, 0.6) is 0 Å². The molecule has 1 atom stereocenters. The number of nitrogens with zero attached hydrogens (tertiary/aromatic N) is 1. The lowest BCUT2D eigenvalue weighted by atomic mass is 9.91. The molecule has 0 radical (unpaired) electrons. The number of esters is 1. The molecular formula is C15H14F3NO4. The summed E-state index contributed by atoms with van der Waals surface area (Å²) in [5, 5.41) is 0. The van der Waals surface area contributed by atoms with E-state index in [1.807, 2.05) is 0 Å². The van der Waals surface area contributed by atoms with Gasteiger partial charge in [0.2, 0.25) is 0 Å². The molecule has 1 heterocycles. The number of alkyl halides is 3. The Hall–Kier alpha value is -2.22. The number of ether oxygens (including phenoxy) is 2. The first kappa shape index (κ1) is 17.1. The van der Waals surface area contributed by atoms with E-state index in [0.29, 0.717) is 5.57 Å². The first-order valence-corrected chi connectivity index (χ1v) is 6.87. The Morgan fingerprint density at radius 2 is 2.04 bits per heavy atom. The number of carbonyl (C=O) groups excluding carboxylic acids is 2. The molecular weight excluding hydrogens is 315 g/mol. The van der Waals surface area contributed by atoms with Crippen LogP contribution in [-0.2, 0) is 19.1 Å². The number of carbonyl (C=O) groups is 2. The van der Waals surface area contributed by atoms with Crippen LogP contribution in [0.15, 0.2) is 40.9 Å². The molecule has 0 saturated carbocycles. The summed E-state index contributed by atoms with van der Waals surface area (Å²) < 4.78 is 44.8. The Morgan fingerprint density at radius 1 is 1.26 bits per heavy atom. The molecule has 2 aliphatic rings. The molecule has 0 spiro atoms. The third-order valence-corrected chi connectivity index (χ3v) is 3.00. The summed E-state index contributed by atoms with van der Waals surface area (Å²) in [6.07, 6.45) is 4.05. The van der Waals surface area contributed by atoms with Crippen molar-refractivity contribution in [2.24, 2.45) is 10.9 Å². The third-order valence-electron chi connectivity index (χ3n) is 3.00. The van der Waals surface area contributed by atoms with Gasteiger partial charge in [-0.2, -0.15) is 13.2 Å². The minimum Gasteiger partial charge on any atom is -0.461 e. The zero-order valence-corrected chi connectivity index (χ0v) is 12.0. The predicted molar refractivity (Wildman–Crippen MR) is 74.7 cm³/mol. The van der Waals surface area contributed by atoms with E-state index in [1.165, 1.54) is 6.08 Å². The molecule has 0 aromatic rings. The van der Waals surface area contributed by atoms with Crippen molar-refractivity contribution in [2.45, 2.75) is 12.6 Å². The van der Waals surface area contributed by atoms with E-state index in [0.717, 1.165) is 0 Å². The molecule has 0 saturated heterocycles. The maximum absolute atomic E-state index is 11.8. The van der Waals surface area contributed by atoms with Gasteiger partial charge in [0.25, 0.3) is 5.91 Å². The van der Waals surface area contributed by atoms with Gasteiger partial charge in [-0.1, -0.05) is 24.3 Å². The molecule has 5 nitrogen and oxygen atoms in total. The average molecular weight is 329 g/mol. The van der Waals surface area contributed by atoms with Crippen molar-refractivity contribution in [1.82, 2.24) is 0 Å². The summed E-state index contributed by atoms with van der Waals surface area (Å²) in [7, 11) is 0. The Balaban J connectivity index is 1.76. The number of amides is 1. The third kappa shape index (κ3) is 5.17. The van der Waals surface area contributed by atoms with Gasteiger partial charge in [-0.25, -0.2) is 9.79 Å². The molecule has 0 fully saturated rings. The highest BCUT2D eigenvalue weighted by Gasteiger charge is 2.28. The molecule has 8 heteroatoms. The lowest BCUT2D eigenvalue weighted by Crippen LogP contribution is -2.26. The minimum absolute atomic E-state index is 0.114. The second kappa shape index (κ2) is 7.36. The smallest absolute Gasteiger partial charge is 0.411 e. The van der Waals surface area contributed by atoms with E-state index in [4.69, 9.17) is 4.74 Å². The van der Waals surface area contributed by atoms with Crippen molar-refractivity contribution in [2.75, 3.05) is 19.8 Å². The van der Waals surface area contributed by atoms with E-state index in [2.05, 4.69) is 9.73 Å². The molecule has 124 valence electrons. The van der Waals surface area contributed by atoms with Crippen molar-refractivity contribution in [3.8, 4) is 0 Å². The quantitative estimate of drug-likeness (QED) is 0.553. The maximum Gasteiger partial charge on any atom is 0.411 e. The standard InChI is InChI=1S/C15H14F3NO4/c16-15(17,18)9-22-6-3-7-23-14(21)12-8-10-4-1-2-5-11(10)13(20)19-12/h1-2,4-5,8,11H,3,6-7,9H2. The van der Waals surface area contributed by atoms with Crippen LogP contribution >= 0.6 is 0 Å². The molecule has 0 aromatic heterocycles. The summed E-state index contributed by atoms with van der Waals surface area (Å²) in [5.41, 5.74) is 0.533. The molecule has 1 aliphatic carbocycles. The topological polar surface area (TPSA) is 65.0 Å². The largest absolute Gasteiger partial charge is 0.461 e. The van der Waals surface area contributed by atoms with E-state index >= 15 is 0 Å². The van der Waals surface area contributed by atoms with Crippen molar-refractivity contribution in [3.63, 3.8) is 0 Å². The van der Waals surface area contributed by atoms with E-state index in [1.54, 1.807) is 24.3 Å². The monoisotopic (exact) mass is 329 g/mol. The Kier molecular flexibility index (Phi) is 5.49. The second-order valence-electron chi connectivity index (χ2n) is 4.86. The first-order valence-electron chi connectivity index (χ1n) is 6.87. The number of hydrogen-bond donors (Lipinski definition) is 0. The van der Waals surface area contributed by atoms with Crippen LogP contribution in [0.25, 0.3) is 0 Å². The molecule has 0 aromatic carbocycles. The van der Waals surface area contributed by atoms with Crippen LogP contribution in [0.1, 0.15) is 6.42 Å². The zero-order valence-electron chi connectivity index (χ0n) is 12.0. The van der Waals surface area contributed by atoms with Gasteiger partial charge < -0.3 is 9.47 Å². The van der Waals surface area contributed by atoms with Crippen LogP contribution in [0.3, 0.4) is 0 Å². The summed E-state index contributed by atoms with van der Waals surface area (Å²) >= 11 is 0. The highest BCUT2D eigenvalue weighted by molar-refractivity contribution is 6.43. The lowest BCUT2D eigenvalue weighted by Gasteiger charge is -2.18. The predicted octanol–water partition coefficient (Wildman–Crippen LogP) is 2.15. The normalized spacial score (nSPS) is 20.0. The molecule has 1 aliphatic heterocycles. The number of hydrogen-bond acceptors (Lipinski definition) is 4. The van der Waals surface area contributed by atoms with Crippen molar-refractivity contribution < 1.29 is 32.2 Å². The zero-order chi connectivity index (χ0) is 16.9. The van der Waals surface area contributed by atoms with Crippen molar-refractivity contribution in [3.05, 3.63) is 36.0 Å². The number of allylic oxidation sites excluding steroid dienone is 3. The number of fused-ring (bicyclic) bond motifs is 1. The highest BCUT2D eigenvalue weighted by atomic mass is 19.4. The van der Waals surface area contributed by atoms with E-state index in [9.17, 15) is 22.8 Å². The van der Waals surface area contributed by atoms with Gasteiger partial charge in [-0.05, 0) is 11.6 Å². The van der Waals surface area contributed by atoms with Crippen LogP contribution < -0.4 is 0 Å². The molecule has 0 bridgehead atoms. The summed E-state index contributed by atoms with van der Waals surface area (Å²) in [6.45, 7) is -1.64. The van der Waals surface area contributed by atoms with Crippen molar-refractivity contribution in [1.29, 1.82) is 0 Å². The fourth-order valence-corrected chi connectivity index (χ4v) is 1.99. The summed E-state index contributed by atoms with van der Waals surface area (Å²) in [6, 6.07) is 0. The van der Waals surface area contributed by atoms with Gasteiger partial charge in [0, 0.05) is 6.42 Å². The highest BCUT2D eigenvalue weighted by Crippen LogP contribution is 2.24. The SMILES string of the molecule is O=C(OCCCOCC(F)(F)F)C1=NC(=O)C2C=CC=CC2=C1. The van der Waals surface area contributed by atoms with Crippen LogP contribution in [0.4, 0.5) is 13.2 Å². The Morgan fingerprint density at radius 3 is 2.78 bits per heavy atom. The molecule has 1 unspecified atom stereocenters. The number of aliphatic imine (C=N–C) groups is 1. The van der Waals surface area contributed by atoms with Crippen LogP contribution in [0, 0.1) is 5.92 Å². The second-order valence-corrected chi connectivity index (χ2v) is 4.86. The number of rotatable bonds is 6. The Bertz CT molecular complexity index is 602. The average Bonchev–Trinajstić information content (AvgIpc) is 2.49. The lowest BCUT2D eigenvalue weighted by molar-refractivity contribution is -0.174. The van der Waals surface area contributed by atoms with Crippen LogP contribution in [-0.4, -0.2) is 43.6 Å². The maximum atomic E-state index is 11.8. The van der Waals surface area contributed by atoms with Gasteiger partial charge >= 0.3 is 12.1 Å². The molecule has 23 heavy (non-hydrogen) atoms. The van der Waals surface area contributed by atoms with Crippen LogP contribution in [0.2, 0.25) is 0 Å². The molecule has 0 N–H and O–H groups in total. The fraction of sp³-hybridized carbons (Fsp3) is 0.400. The van der Waals surface area contributed by atoms with E-state index in [-0.39, 0.29) is 25.3 Å². The van der Waals surface area contributed by atoms with Gasteiger partial charge in [-0.3, -0.25) is 4.79 Å². The molecule has 2 rings (SSSR count). The molecule has 1 amide bonds. The van der Waals surface area contributed by atoms with Gasteiger partial charge in [0.1, 0.15) is 6.61 Å². The van der Waals surface area contributed by atoms with Gasteiger partial charge in [0.15, 0.2) is 5.71 Å². The summed E-state index contributed by atoms with van der Waals surface area (Å²) in [5.74, 6) is -1.72. The van der Waals surface area contributed by atoms with E-state index < -0.39 is 30.6 Å². The number of dihydropyridines is 1.